The largest absolute Gasteiger partial charge is 0.335 e. The average molecular weight is 344 g/mol. The van der Waals surface area contributed by atoms with Crippen molar-refractivity contribution in [3.63, 3.8) is 0 Å². The smallest absolute Gasteiger partial charge is 0.255 e. The Balaban J connectivity index is 1.84. The van der Waals surface area contributed by atoms with E-state index in [4.69, 9.17) is 11.6 Å². The van der Waals surface area contributed by atoms with E-state index in [1.165, 1.54) is 0 Å². The fourth-order valence-corrected chi connectivity index (χ4v) is 4.11. The lowest BCUT2D eigenvalue weighted by atomic mass is 9.95. The van der Waals surface area contributed by atoms with Gasteiger partial charge in [0.2, 0.25) is 0 Å². The maximum absolute atomic E-state index is 12.7. The van der Waals surface area contributed by atoms with Crippen molar-refractivity contribution in [1.82, 2.24) is 10.2 Å². The topological polar surface area (TPSA) is 32.3 Å². The minimum absolute atomic E-state index is 0.102. The van der Waals surface area contributed by atoms with Gasteiger partial charge in [-0.1, -0.05) is 11.6 Å². The number of benzene rings is 1. The highest BCUT2D eigenvalue weighted by Gasteiger charge is 2.43. The lowest BCUT2D eigenvalue weighted by Crippen LogP contribution is -2.38. The van der Waals surface area contributed by atoms with Gasteiger partial charge < -0.3 is 10.2 Å². The molecule has 3 unspecified atom stereocenters. The summed E-state index contributed by atoms with van der Waals surface area (Å²) in [6.45, 7) is 5.06. The van der Waals surface area contributed by atoms with Gasteiger partial charge in [0, 0.05) is 35.2 Å². The summed E-state index contributed by atoms with van der Waals surface area (Å²) in [5, 5.41) is 4.05. The maximum atomic E-state index is 12.7. The molecule has 0 aliphatic carbocycles. The van der Waals surface area contributed by atoms with Crippen LogP contribution < -0.4 is 5.32 Å². The van der Waals surface area contributed by atoms with Gasteiger partial charge in [-0.2, -0.15) is 0 Å². The fourth-order valence-electron chi connectivity index (χ4n) is 3.25. The molecule has 5 heteroatoms. The predicted octanol–water partition coefficient (Wildman–Crippen LogP) is 2.78. The van der Waals surface area contributed by atoms with Gasteiger partial charge in [0.25, 0.3) is 5.91 Å². The van der Waals surface area contributed by atoms with Crippen molar-refractivity contribution in [2.75, 3.05) is 19.6 Å². The summed E-state index contributed by atoms with van der Waals surface area (Å²) in [5.41, 5.74) is 0.698. The summed E-state index contributed by atoms with van der Waals surface area (Å²) in [5.74, 6) is 1.30. The second-order valence-corrected chi connectivity index (χ2v) is 6.70. The average Bonchev–Trinajstić information content (AvgIpc) is 2.92. The van der Waals surface area contributed by atoms with Crippen molar-refractivity contribution >= 4 is 33.4 Å². The highest BCUT2D eigenvalue weighted by molar-refractivity contribution is 9.10. The molecule has 3 rings (SSSR count). The lowest BCUT2D eigenvalue weighted by molar-refractivity contribution is 0.0727. The van der Waals surface area contributed by atoms with Gasteiger partial charge in [0.15, 0.2) is 0 Å². The van der Waals surface area contributed by atoms with Crippen LogP contribution in [0, 0.1) is 11.8 Å². The van der Waals surface area contributed by atoms with Gasteiger partial charge in [-0.15, -0.1) is 0 Å². The number of rotatable bonds is 1. The molecule has 0 spiro atoms. The van der Waals surface area contributed by atoms with E-state index in [0.29, 0.717) is 28.5 Å². The van der Waals surface area contributed by atoms with Crippen molar-refractivity contribution < 1.29 is 4.79 Å². The SMILES string of the molecule is CC1C2CNCC2CN1C(=O)c1ccc(Cl)cc1Br. The lowest BCUT2D eigenvalue weighted by Gasteiger charge is -2.25. The third kappa shape index (κ3) is 2.30. The molecule has 0 aromatic heterocycles. The normalized spacial score (nSPS) is 29.6. The van der Waals surface area contributed by atoms with Crippen molar-refractivity contribution in [1.29, 1.82) is 0 Å². The second-order valence-electron chi connectivity index (χ2n) is 5.40. The number of carbonyl (C=O) groups excluding carboxylic acids is 1. The van der Waals surface area contributed by atoms with E-state index in [-0.39, 0.29) is 5.91 Å². The zero-order chi connectivity index (χ0) is 13.6. The molecular formula is C14H16BrClN2O. The van der Waals surface area contributed by atoms with E-state index in [9.17, 15) is 4.79 Å². The molecule has 2 heterocycles. The summed E-state index contributed by atoms with van der Waals surface area (Å²) in [6, 6.07) is 5.64. The second kappa shape index (κ2) is 5.08. The Labute approximate surface area is 126 Å². The van der Waals surface area contributed by atoms with Crippen LogP contribution in [0.5, 0.6) is 0 Å². The summed E-state index contributed by atoms with van der Waals surface area (Å²) in [4.78, 5) is 14.7. The van der Waals surface area contributed by atoms with Crippen LogP contribution >= 0.6 is 27.5 Å². The summed E-state index contributed by atoms with van der Waals surface area (Å²) < 4.78 is 0.771. The van der Waals surface area contributed by atoms with Gasteiger partial charge >= 0.3 is 0 Å². The first-order valence-electron chi connectivity index (χ1n) is 6.54. The van der Waals surface area contributed by atoms with E-state index >= 15 is 0 Å². The molecule has 2 aliphatic heterocycles. The first kappa shape index (κ1) is 13.4. The predicted molar refractivity (Wildman–Crippen MR) is 79.5 cm³/mol. The molecule has 1 aromatic carbocycles. The number of nitrogens with zero attached hydrogens (tertiary/aromatic N) is 1. The van der Waals surface area contributed by atoms with Crippen molar-refractivity contribution in [2.45, 2.75) is 13.0 Å². The number of hydrogen-bond acceptors (Lipinski definition) is 2. The molecule has 2 aliphatic rings. The molecule has 19 heavy (non-hydrogen) atoms. The zero-order valence-electron chi connectivity index (χ0n) is 10.7. The van der Waals surface area contributed by atoms with Crippen LogP contribution in [-0.2, 0) is 0 Å². The van der Waals surface area contributed by atoms with Gasteiger partial charge in [-0.05, 0) is 52.9 Å². The van der Waals surface area contributed by atoms with Crippen LogP contribution in [0.1, 0.15) is 17.3 Å². The Morgan fingerprint density at radius 2 is 2.26 bits per heavy atom. The van der Waals surface area contributed by atoms with Gasteiger partial charge in [0.05, 0.1) is 5.56 Å². The highest BCUT2D eigenvalue weighted by atomic mass is 79.9. The van der Waals surface area contributed by atoms with Crippen LogP contribution in [-0.4, -0.2) is 36.5 Å². The number of hydrogen-bond donors (Lipinski definition) is 1. The van der Waals surface area contributed by atoms with Gasteiger partial charge in [-0.25, -0.2) is 0 Å². The summed E-state index contributed by atoms with van der Waals surface area (Å²) in [6.07, 6.45) is 0. The number of amides is 1. The molecule has 1 amide bonds. The Bertz CT molecular complexity index is 522. The van der Waals surface area contributed by atoms with Crippen LogP contribution in [0.2, 0.25) is 5.02 Å². The first-order valence-corrected chi connectivity index (χ1v) is 7.71. The molecule has 3 nitrogen and oxygen atoms in total. The van der Waals surface area contributed by atoms with Crippen LogP contribution in [0.25, 0.3) is 0 Å². The summed E-state index contributed by atoms with van der Waals surface area (Å²) in [7, 11) is 0. The molecule has 2 saturated heterocycles. The van der Waals surface area contributed by atoms with Crippen molar-refractivity contribution in [2.24, 2.45) is 11.8 Å². The molecule has 3 atom stereocenters. The molecule has 0 saturated carbocycles. The molecule has 1 aromatic rings. The Morgan fingerprint density at radius 3 is 2.95 bits per heavy atom. The molecule has 2 fully saturated rings. The third-order valence-electron chi connectivity index (χ3n) is 4.36. The van der Waals surface area contributed by atoms with Gasteiger partial charge in [-0.3, -0.25) is 4.79 Å². The highest BCUT2D eigenvalue weighted by Crippen LogP contribution is 2.34. The van der Waals surface area contributed by atoms with Crippen LogP contribution in [0.3, 0.4) is 0 Å². The standard InChI is InChI=1S/C14H16BrClN2O/c1-8-12-6-17-5-9(12)7-18(8)14(19)11-3-2-10(16)4-13(11)15/h2-4,8-9,12,17H,5-7H2,1H3. The van der Waals surface area contributed by atoms with Crippen molar-refractivity contribution in [3.05, 3.63) is 33.3 Å². The number of fused-ring (bicyclic) bond motifs is 1. The number of carbonyl (C=O) groups is 1. The molecular weight excluding hydrogens is 328 g/mol. The van der Waals surface area contributed by atoms with E-state index in [1.807, 2.05) is 4.90 Å². The van der Waals surface area contributed by atoms with E-state index in [2.05, 4.69) is 28.2 Å². The van der Waals surface area contributed by atoms with Gasteiger partial charge in [0.1, 0.15) is 0 Å². The number of halogens is 2. The van der Waals surface area contributed by atoms with Crippen LogP contribution in [0.4, 0.5) is 0 Å². The quantitative estimate of drug-likeness (QED) is 0.850. The molecule has 0 radical (unpaired) electrons. The van der Waals surface area contributed by atoms with Crippen LogP contribution in [0.15, 0.2) is 22.7 Å². The number of likely N-dealkylation sites (tertiary alicyclic amines) is 1. The minimum Gasteiger partial charge on any atom is -0.335 e. The summed E-state index contributed by atoms with van der Waals surface area (Å²) >= 11 is 9.36. The van der Waals surface area contributed by atoms with Crippen molar-refractivity contribution in [3.8, 4) is 0 Å². The maximum Gasteiger partial charge on any atom is 0.255 e. The third-order valence-corrected chi connectivity index (χ3v) is 5.25. The fraction of sp³-hybridized carbons (Fsp3) is 0.500. The Kier molecular flexibility index (Phi) is 3.58. The van der Waals surface area contributed by atoms with E-state index < -0.39 is 0 Å². The zero-order valence-corrected chi connectivity index (χ0v) is 13.0. The monoisotopic (exact) mass is 342 g/mol. The first-order chi connectivity index (χ1) is 9.08. The Morgan fingerprint density at radius 1 is 1.47 bits per heavy atom. The number of nitrogens with one attached hydrogen (secondary N) is 1. The Hall–Kier alpha value is -0.580. The minimum atomic E-state index is 0.102. The van der Waals surface area contributed by atoms with E-state index in [1.54, 1.807) is 18.2 Å². The molecule has 1 N–H and O–H groups in total. The van der Waals surface area contributed by atoms with E-state index in [0.717, 1.165) is 24.1 Å². The molecule has 0 bridgehead atoms. The molecule has 102 valence electrons.